The van der Waals surface area contributed by atoms with Crippen LogP contribution >= 0.6 is 0 Å². The van der Waals surface area contributed by atoms with E-state index in [-0.39, 0.29) is 0 Å². The van der Waals surface area contributed by atoms with Crippen molar-refractivity contribution in [3.8, 4) is 39.9 Å². The van der Waals surface area contributed by atoms with E-state index in [0.29, 0.717) is 23.1 Å². The molecular weight excluding hydrogens is 821 g/mol. The number of furan rings is 2. The first kappa shape index (κ1) is 36.2. The largest absolute Gasteiger partial charge is 0.456 e. The Kier molecular flexibility index (Phi) is 7.40. The van der Waals surface area contributed by atoms with Gasteiger partial charge in [0.15, 0.2) is 17.5 Å². The third-order valence-electron chi connectivity index (χ3n) is 13.7. The zero-order valence-electron chi connectivity index (χ0n) is 35.7. The van der Waals surface area contributed by atoms with Crippen LogP contribution in [0.15, 0.2) is 215 Å². The van der Waals surface area contributed by atoms with E-state index in [2.05, 4.69) is 187 Å². The van der Waals surface area contributed by atoms with E-state index in [1.807, 2.05) is 24.3 Å². The Morgan fingerprint density at radius 1 is 0.313 bits per heavy atom. The second kappa shape index (κ2) is 13.7. The summed E-state index contributed by atoms with van der Waals surface area (Å²) in [4.78, 5) is 16.0. The zero-order chi connectivity index (χ0) is 43.7. The first-order chi connectivity index (χ1) is 33.2. The van der Waals surface area contributed by atoms with Crippen LogP contribution in [0, 0.1) is 0 Å². The minimum absolute atomic E-state index is 0.504. The summed E-state index contributed by atoms with van der Waals surface area (Å²) in [5.74, 6) is 1.60. The van der Waals surface area contributed by atoms with Crippen molar-refractivity contribution in [1.82, 2.24) is 19.5 Å². The van der Waals surface area contributed by atoms with Crippen molar-refractivity contribution in [3.63, 3.8) is 0 Å². The predicted octanol–water partition coefficient (Wildman–Crippen LogP) is 16.4. The second-order valence-corrected chi connectivity index (χ2v) is 17.5. The van der Waals surface area contributed by atoms with Gasteiger partial charge in [0.05, 0.1) is 16.6 Å². The molecule has 0 atom stereocenters. The first-order valence-electron chi connectivity index (χ1n) is 22.6. The van der Waals surface area contributed by atoms with Crippen molar-refractivity contribution >= 4 is 109 Å². The van der Waals surface area contributed by atoms with Crippen LogP contribution in [0.1, 0.15) is 0 Å². The molecule has 0 spiro atoms. The maximum absolute atomic E-state index is 7.02. The van der Waals surface area contributed by atoms with Crippen LogP contribution in [0.4, 0.5) is 0 Å². The fourth-order valence-electron chi connectivity index (χ4n) is 10.6. The van der Waals surface area contributed by atoms with Gasteiger partial charge in [0, 0.05) is 49.1 Å². The Labute approximate surface area is 381 Å². The van der Waals surface area contributed by atoms with E-state index in [1.54, 1.807) is 0 Å². The van der Waals surface area contributed by atoms with E-state index < -0.39 is 0 Å². The van der Waals surface area contributed by atoms with Gasteiger partial charge in [-0.15, -0.1) is 0 Å². The van der Waals surface area contributed by atoms with Crippen molar-refractivity contribution in [2.75, 3.05) is 0 Å². The number of fused-ring (bicyclic) bond motifs is 15. The lowest BCUT2D eigenvalue weighted by Crippen LogP contribution is -2.02. The Balaban J connectivity index is 1.07. The Morgan fingerprint density at radius 2 is 0.896 bits per heavy atom. The molecule has 310 valence electrons. The summed E-state index contributed by atoms with van der Waals surface area (Å²) in [5, 5.41) is 15.8. The van der Waals surface area contributed by atoms with E-state index in [1.165, 1.54) is 32.3 Å². The molecule has 15 aromatic rings. The highest BCUT2D eigenvalue weighted by atomic mass is 16.3. The van der Waals surface area contributed by atoms with Crippen LogP contribution < -0.4 is 0 Å². The van der Waals surface area contributed by atoms with Crippen LogP contribution in [-0.2, 0) is 0 Å². The molecule has 0 fully saturated rings. The third-order valence-corrected chi connectivity index (χ3v) is 13.7. The average molecular weight is 855 g/mol. The van der Waals surface area contributed by atoms with Crippen molar-refractivity contribution in [2.24, 2.45) is 0 Å². The van der Waals surface area contributed by atoms with Crippen LogP contribution in [0.25, 0.3) is 149 Å². The monoisotopic (exact) mass is 854 g/mol. The zero-order valence-corrected chi connectivity index (χ0v) is 35.7. The summed E-state index contributed by atoms with van der Waals surface area (Å²) in [6.07, 6.45) is 0. The molecular formula is C61H34N4O2. The number of hydrogen-bond acceptors (Lipinski definition) is 5. The van der Waals surface area contributed by atoms with Gasteiger partial charge < -0.3 is 13.4 Å². The lowest BCUT2D eigenvalue weighted by atomic mass is 10.0. The fraction of sp³-hybridized carbons (Fsp3) is 0. The molecule has 0 aliphatic heterocycles. The highest BCUT2D eigenvalue weighted by Gasteiger charge is 2.24. The number of aromatic nitrogens is 4. The van der Waals surface area contributed by atoms with E-state index in [0.717, 1.165) is 93.2 Å². The minimum Gasteiger partial charge on any atom is -0.456 e. The summed E-state index contributed by atoms with van der Waals surface area (Å²) < 4.78 is 15.9. The van der Waals surface area contributed by atoms with Crippen molar-refractivity contribution in [3.05, 3.63) is 206 Å². The molecule has 0 N–H and O–H groups in total. The van der Waals surface area contributed by atoms with Crippen molar-refractivity contribution in [2.45, 2.75) is 0 Å². The Morgan fingerprint density at radius 3 is 1.69 bits per heavy atom. The fourth-order valence-corrected chi connectivity index (χ4v) is 10.6. The molecule has 0 aliphatic rings. The van der Waals surface area contributed by atoms with Gasteiger partial charge in [-0.05, 0) is 104 Å². The molecule has 0 unspecified atom stereocenters. The van der Waals surface area contributed by atoms with E-state index >= 15 is 0 Å². The predicted molar refractivity (Wildman–Crippen MR) is 275 cm³/mol. The van der Waals surface area contributed by atoms with Crippen molar-refractivity contribution < 1.29 is 8.83 Å². The molecule has 0 bridgehead atoms. The molecule has 4 heterocycles. The molecule has 67 heavy (non-hydrogen) atoms. The van der Waals surface area contributed by atoms with Gasteiger partial charge in [0.1, 0.15) is 22.3 Å². The van der Waals surface area contributed by atoms with E-state index in [9.17, 15) is 0 Å². The highest BCUT2D eigenvalue weighted by Crippen LogP contribution is 2.44. The van der Waals surface area contributed by atoms with Crippen LogP contribution in [0.2, 0.25) is 0 Å². The molecule has 0 radical (unpaired) electrons. The summed E-state index contributed by atoms with van der Waals surface area (Å²) in [6.45, 7) is 0. The lowest BCUT2D eigenvalue weighted by Gasteiger charge is -2.13. The van der Waals surface area contributed by atoms with Gasteiger partial charge >= 0.3 is 0 Å². The summed E-state index contributed by atoms with van der Waals surface area (Å²) in [5.41, 5.74) is 8.78. The molecule has 0 saturated carbocycles. The van der Waals surface area contributed by atoms with E-state index in [4.69, 9.17) is 23.8 Å². The third kappa shape index (κ3) is 5.41. The molecule has 4 aromatic heterocycles. The SMILES string of the molecule is c1ccc2cc(-c3nc(-c4ccc5c(c4)oc4ccccc45)nc(-c4cc(-n5c6cc7ccccc7cc6c6c7ccccc7ccc65)cc5c4oc4ccc6ccccc6c45)n3)ccc2c1. The normalized spacial score (nSPS) is 12.2. The van der Waals surface area contributed by atoms with Gasteiger partial charge in [-0.3, -0.25) is 0 Å². The topological polar surface area (TPSA) is 69.9 Å². The number of benzene rings is 11. The molecule has 0 amide bonds. The number of hydrogen-bond donors (Lipinski definition) is 0. The molecule has 0 saturated heterocycles. The van der Waals surface area contributed by atoms with Gasteiger partial charge in [0.2, 0.25) is 0 Å². The lowest BCUT2D eigenvalue weighted by molar-refractivity contribution is 0.668. The number of rotatable bonds is 4. The summed E-state index contributed by atoms with van der Waals surface area (Å²) in [7, 11) is 0. The molecule has 6 nitrogen and oxygen atoms in total. The molecule has 11 aromatic carbocycles. The quantitative estimate of drug-likeness (QED) is 0.176. The van der Waals surface area contributed by atoms with Gasteiger partial charge in [-0.1, -0.05) is 146 Å². The van der Waals surface area contributed by atoms with Gasteiger partial charge in [0.25, 0.3) is 0 Å². The summed E-state index contributed by atoms with van der Waals surface area (Å²) >= 11 is 0. The van der Waals surface area contributed by atoms with Gasteiger partial charge in [-0.25, -0.2) is 15.0 Å². The van der Waals surface area contributed by atoms with Crippen LogP contribution in [0.3, 0.4) is 0 Å². The van der Waals surface area contributed by atoms with Crippen molar-refractivity contribution in [1.29, 1.82) is 0 Å². The maximum Gasteiger partial charge on any atom is 0.167 e. The Hall–Kier alpha value is -9.13. The molecule has 0 aliphatic carbocycles. The molecule has 15 rings (SSSR count). The standard InChI is InChI=1S/C61H34N4O2/c1-2-14-38-29-41(22-21-35(38)11-1)59-62-60(42-23-26-47-46-19-9-10-20-53(46)66-55(47)32-42)64-61(63-59)50-34-43(33-49-57-45-18-8-6-13-37(45)25-28-54(57)67-58(49)50)65-51-27-24-36-12-5-7-17-44(36)56(51)48-30-39-15-3-4-16-40(39)31-52(48)65/h1-34H. The summed E-state index contributed by atoms with van der Waals surface area (Å²) in [6, 6.07) is 72.9. The van der Waals surface area contributed by atoms with Crippen LogP contribution in [-0.4, -0.2) is 19.5 Å². The number of para-hydroxylation sites is 1. The van der Waals surface area contributed by atoms with Crippen LogP contribution in [0.5, 0.6) is 0 Å². The molecule has 6 heteroatoms. The number of nitrogens with zero attached hydrogens (tertiary/aromatic N) is 4. The Bertz CT molecular complexity index is 4590. The van der Waals surface area contributed by atoms with Gasteiger partial charge in [-0.2, -0.15) is 0 Å². The second-order valence-electron chi connectivity index (χ2n) is 17.5. The maximum atomic E-state index is 7.02. The smallest absolute Gasteiger partial charge is 0.167 e. The highest BCUT2D eigenvalue weighted by molar-refractivity contribution is 6.25. The first-order valence-corrected chi connectivity index (χ1v) is 22.6. The minimum atomic E-state index is 0.504. The average Bonchev–Trinajstić information content (AvgIpc) is 4.06.